The highest BCUT2D eigenvalue weighted by Gasteiger charge is 2.10. The summed E-state index contributed by atoms with van der Waals surface area (Å²) in [4.78, 5) is 2.19. The molecule has 0 bridgehead atoms. The molecule has 0 aliphatic carbocycles. The van der Waals surface area contributed by atoms with Crippen molar-refractivity contribution in [3.05, 3.63) is 12.2 Å². The Morgan fingerprint density at radius 3 is 2.54 bits per heavy atom. The third kappa shape index (κ3) is 5.06. The molecule has 1 rings (SSSR count). The van der Waals surface area contributed by atoms with Crippen molar-refractivity contribution in [1.82, 2.24) is 10.2 Å². The summed E-state index contributed by atoms with van der Waals surface area (Å²) < 4.78 is 0. The first-order valence-electron chi connectivity index (χ1n) is 5.29. The lowest BCUT2D eigenvalue weighted by Crippen LogP contribution is -2.27. The van der Waals surface area contributed by atoms with Crippen molar-refractivity contribution in [1.29, 1.82) is 0 Å². The molecule has 0 aromatic heterocycles. The molecule has 0 atom stereocenters. The summed E-state index contributed by atoms with van der Waals surface area (Å²) in [6.07, 6.45) is 8.60. The van der Waals surface area contributed by atoms with Gasteiger partial charge in [-0.3, -0.25) is 0 Å². The lowest BCUT2D eigenvalue weighted by molar-refractivity contribution is 0.376. The largest absolute Gasteiger partial charge is 0.317 e. The Bertz CT molecular complexity index is 146. The Morgan fingerprint density at radius 1 is 1.23 bits per heavy atom. The molecular formula is C11H22N2. The standard InChI is InChI=1S/C11H22N2/c1-13(2)10-4-3-5-11-6-8-12-9-7-11/h3-4,11-12H,5-10H2,1-2H3/b4-3-. The van der Waals surface area contributed by atoms with Crippen LogP contribution in [0.3, 0.4) is 0 Å². The van der Waals surface area contributed by atoms with Crippen molar-refractivity contribution >= 4 is 0 Å². The zero-order chi connectivity index (χ0) is 9.52. The van der Waals surface area contributed by atoms with Gasteiger partial charge in [0.15, 0.2) is 0 Å². The lowest BCUT2D eigenvalue weighted by Gasteiger charge is -2.21. The van der Waals surface area contributed by atoms with Gasteiger partial charge in [0, 0.05) is 6.54 Å². The van der Waals surface area contributed by atoms with Gasteiger partial charge in [0.2, 0.25) is 0 Å². The first-order chi connectivity index (χ1) is 6.29. The van der Waals surface area contributed by atoms with Crippen molar-refractivity contribution in [2.24, 2.45) is 5.92 Å². The van der Waals surface area contributed by atoms with Crippen molar-refractivity contribution in [2.45, 2.75) is 19.3 Å². The second-order valence-corrected chi connectivity index (χ2v) is 4.16. The van der Waals surface area contributed by atoms with E-state index in [2.05, 4.69) is 36.5 Å². The number of nitrogens with zero attached hydrogens (tertiary/aromatic N) is 1. The average Bonchev–Trinajstić information content (AvgIpc) is 2.14. The van der Waals surface area contributed by atoms with E-state index in [0.717, 1.165) is 12.5 Å². The monoisotopic (exact) mass is 182 g/mol. The van der Waals surface area contributed by atoms with Crippen molar-refractivity contribution in [3.63, 3.8) is 0 Å². The smallest absolute Gasteiger partial charge is 0.0157 e. The van der Waals surface area contributed by atoms with Crippen LogP contribution in [0.4, 0.5) is 0 Å². The van der Waals surface area contributed by atoms with E-state index < -0.39 is 0 Å². The Kier molecular flexibility index (Phi) is 5.09. The predicted molar refractivity (Wildman–Crippen MR) is 57.9 cm³/mol. The average molecular weight is 182 g/mol. The fourth-order valence-electron chi connectivity index (χ4n) is 1.69. The minimum absolute atomic E-state index is 0.930. The predicted octanol–water partition coefficient (Wildman–Crippen LogP) is 1.49. The molecule has 2 heteroatoms. The molecule has 1 fully saturated rings. The van der Waals surface area contributed by atoms with Gasteiger partial charge in [-0.05, 0) is 52.4 Å². The summed E-state index contributed by atoms with van der Waals surface area (Å²) in [5.74, 6) is 0.930. The van der Waals surface area contributed by atoms with Crippen molar-refractivity contribution < 1.29 is 0 Å². The van der Waals surface area contributed by atoms with Crippen LogP contribution in [-0.2, 0) is 0 Å². The number of piperidine rings is 1. The number of hydrogen-bond acceptors (Lipinski definition) is 2. The summed E-state index contributed by atoms with van der Waals surface area (Å²) in [5, 5.41) is 3.39. The molecule has 2 nitrogen and oxygen atoms in total. The van der Waals surface area contributed by atoms with Gasteiger partial charge >= 0.3 is 0 Å². The molecule has 1 N–H and O–H groups in total. The molecule has 13 heavy (non-hydrogen) atoms. The molecule has 0 aromatic rings. The molecule has 1 aliphatic heterocycles. The Hall–Kier alpha value is -0.340. The summed E-state index contributed by atoms with van der Waals surface area (Å²) >= 11 is 0. The minimum atomic E-state index is 0.930. The molecule has 0 unspecified atom stereocenters. The second-order valence-electron chi connectivity index (χ2n) is 4.16. The van der Waals surface area contributed by atoms with E-state index in [1.165, 1.54) is 32.4 Å². The zero-order valence-corrected chi connectivity index (χ0v) is 8.92. The molecule has 0 aromatic carbocycles. The van der Waals surface area contributed by atoms with E-state index >= 15 is 0 Å². The molecule has 0 amide bonds. The minimum Gasteiger partial charge on any atom is -0.317 e. The third-order valence-electron chi connectivity index (χ3n) is 2.57. The van der Waals surface area contributed by atoms with Gasteiger partial charge in [-0.25, -0.2) is 0 Å². The van der Waals surface area contributed by atoms with E-state index in [1.807, 2.05) is 0 Å². The maximum Gasteiger partial charge on any atom is 0.0157 e. The number of nitrogens with one attached hydrogen (secondary N) is 1. The maximum absolute atomic E-state index is 3.39. The van der Waals surface area contributed by atoms with E-state index in [-0.39, 0.29) is 0 Å². The SMILES string of the molecule is CN(C)C/C=C\CC1CCNCC1. The fourth-order valence-corrected chi connectivity index (χ4v) is 1.69. The van der Waals surface area contributed by atoms with Crippen LogP contribution in [0.25, 0.3) is 0 Å². The molecule has 1 aliphatic rings. The van der Waals surface area contributed by atoms with Crippen LogP contribution >= 0.6 is 0 Å². The van der Waals surface area contributed by atoms with Gasteiger partial charge in [0.05, 0.1) is 0 Å². The van der Waals surface area contributed by atoms with Crippen LogP contribution in [0.2, 0.25) is 0 Å². The number of likely N-dealkylation sites (N-methyl/N-ethyl adjacent to an activating group) is 1. The van der Waals surface area contributed by atoms with Crippen LogP contribution in [0.1, 0.15) is 19.3 Å². The number of allylic oxidation sites excluding steroid dienone is 1. The van der Waals surface area contributed by atoms with E-state index in [1.54, 1.807) is 0 Å². The summed E-state index contributed by atoms with van der Waals surface area (Å²) in [6.45, 7) is 3.50. The number of hydrogen-bond donors (Lipinski definition) is 1. The highest BCUT2D eigenvalue weighted by Crippen LogP contribution is 2.15. The number of rotatable bonds is 4. The topological polar surface area (TPSA) is 15.3 Å². The summed E-state index contributed by atoms with van der Waals surface area (Å²) in [5.41, 5.74) is 0. The molecule has 1 heterocycles. The molecule has 0 spiro atoms. The first-order valence-corrected chi connectivity index (χ1v) is 5.29. The summed E-state index contributed by atoms with van der Waals surface area (Å²) in [6, 6.07) is 0. The van der Waals surface area contributed by atoms with Crippen molar-refractivity contribution in [3.8, 4) is 0 Å². The van der Waals surface area contributed by atoms with Gasteiger partial charge in [0.25, 0.3) is 0 Å². The van der Waals surface area contributed by atoms with Gasteiger partial charge < -0.3 is 10.2 Å². The van der Waals surface area contributed by atoms with Crippen LogP contribution in [0, 0.1) is 5.92 Å². The van der Waals surface area contributed by atoms with Crippen LogP contribution in [0.15, 0.2) is 12.2 Å². The third-order valence-corrected chi connectivity index (χ3v) is 2.57. The first kappa shape index (κ1) is 10.7. The van der Waals surface area contributed by atoms with Gasteiger partial charge in [-0.15, -0.1) is 0 Å². The molecule has 0 radical (unpaired) electrons. The van der Waals surface area contributed by atoms with Crippen LogP contribution in [-0.4, -0.2) is 38.6 Å². The Labute approximate surface area is 82.0 Å². The molecule has 76 valence electrons. The van der Waals surface area contributed by atoms with Crippen LogP contribution < -0.4 is 5.32 Å². The van der Waals surface area contributed by atoms with Gasteiger partial charge in [-0.1, -0.05) is 12.2 Å². The van der Waals surface area contributed by atoms with E-state index in [4.69, 9.17) is 0 Å². The lowest BCUT2D eigenvalue weighted by atomic mass is 9.94. The maximum atomic E-state index is 3.39. The summed E-state index contributed by atoms with van der Waals surface area (Å²) in [7, 11) is 4.21. The second kappa shape index (κ2) is 6.17. The van der Waals surface area contributed by atoms with Gasteiger partial charge in [-0.2, -0.15) is 0 Å². The zero-order valence-electron chi connectivity index (χ0n) is 8.92. The molecule has 1 saturated heterocycles. The van der Waals surface area contributed by atoms with E-state index in [0.29, 0.717) is 0 Å². The highest BCUT2D eigenvalue weighted by molar-refractivity contribution is 4.86. The normalized spacial score (nSPS) is 20.2. The molecule has 0 saturated carbocycles. The van der Waals surface area contributed by atoms with Gasteiger partial charge in [0.1, 0.15) is 0 Å². The highest BCUT2D eigenvalue weighted by atomic mass is 15.0. The van der Waals surface area contributed by atoms with Crippen LogP contribution in [0.5, 0.6) is 0 Å². The van der Waals surface area contributed by atoms with Crippen molar-refractivity contribution in [2.75, 3.05) is 33.7 Å². The quantitative estimate of drug-likeness (QED) is 0.663. The Balaban J connectivity index is 2.06. The fraction of sp³-hybridized carbons (Fsp3) is 0.818. The molecular weight excluding hydrogens is 160 g/mol. The van der Waals surface area contributed by atoms with E-state index in [9.17, 15) is 0 Å². The Morgan fingerprint density at radius 2 is 1.92 bits per heavy atom.